The van der Waals surface area contributed by atoms with E-state index in [4.69, 9.17) is 10.5 Å². The van der Waals surface area contributed by atoms with Crippen molar-refractivity contribution in [1.29, 1.82) is 0 Å². The second-order valence-electron chi connectivity index (χ2n) is 5.30. The summed E-state index contributed by atoms with van der Waals surface area (Å²) in [5.74, 6) is -0.0760. The zero-order valence-electron chi connectivity index (χ0n) is 13.3. The van der Waals surface area contributed by atoms with Gasteiger partial charge in [-0.3, -0.25) is 4.79 Å². The number of morpholine rings is 1. The number of carbonyl (C=O) groups is 1. The molecule has 0 spiro atoms. The van der Waals surface area contributed by atoms with Crippen molar-refractivity contribution < 1.29 is 9.53 Å². The molecule has 1 atom stereocenters. The Morgan fingerprint density at radius 3 is 2.67 bits per heavy atom. The molecule has 1 amide bonds. The van der Waals surface area contributed by atoms with Gasteiger partial charge < -0.3 is 20.7 Å². The average Bonchev–Trinajstić information content (AvgIpc) is 3.01. The number of thioether (sulfide) groups is 1. The van der Waals surface area contributed by atoms with Crippen LogP contribution in [0.3, 0.4) is 0 Å². The third-order valence-corrected chi connectivity index (χ3v) is 5.52. The maximum absolute atomic E-state index is 12.3. The summed E-state index contributed by atoms with van der Waals surface area (Å²) in [7, 11) is 0. The predicted molar refractivity (Wildman–Crippen MR) is 97.7 cm³/mol. The summed E-state index contributed by atoms with van der Waals surface area (Å²) in [4.78, 5) is 14.5. The van der Waals surface area contributed by atoms with Gasteiger partial charge in [-0.2, -0.15) is 0 Å². The molecule has 3 rings (SSSR count). The molecule has 128 valence electrons. The van der Waals surface area contributed by atoms with Crippen molar-refractivity contribution in [3.63, 3.8) is 0 Å². The number of carbonyl (C=O) groups excluding carboxylic acids is 1. The Morgan fingerprint density at radius 2 is 2.04 bits per heavy atom. The number of rotatable bonds is 5. The molecule has 1 aliphatic rings. The van der Waals surface area contributed by atoms with Crippen LogP contribution in [0.2, 0.25) is 0 Å². The van der Waals surface area contributed by atoms with Crippen molar-refractivity contribution >= 4 is 45.5 Å². The number of nitrogens with two attached hydrogens (primary N) is 1. The number of hydrogen-bond acceptors (Lipinski definition) is 8. The first-order valence-corrected chi connectivity index (χ1v) is 9.31. The summed E-state index contributed by atoms with van der Waals surface area (Å²) in [6.07, 6.45) is 0. The molecule has 1 aromatic carbocycles. The SMILES string of the molecule is C[C@@H](Sc1nnc(N)s1)C(=O)Nc1ccc(N2CCOCC2)cc1. The van der Waals surface area contributed by atoms with Gasteiger partial charge in [0.25, 0.3) is 0 Å². The van der Waals surface area contributed by atoms with Crippen LogP contribution in [0.1, 0.15) is 6.92 Å². The van der Waals surface area contributed by atoms with E-state index in [1.54, 1.807) is 0 Å². The number of aromatic nitrogens is 2. The van der Waals surface area contributed by atoms with E-state index in [-0.39, 0.29) is 11.2 Å². The van der Waals surface area contributed by atoms with Crippen LogP contribution < -0.4 is 16.0 Å². The fourth-order valence-corrected chi connectivity index (χ4v) is 4.07. The lowest BCUT2D eigenvalue weighted by Crippen LogP contribution is -2.36. The number of benzene rings is 1. The first-order chi connectivity index (χ1) is 11.6. The number of ether oxygens (including phenoxy) is 1. The molecule has 0 unspecified atom stereocenters. The van der Waals surface area contributed by atoms with Gasteiger partial charge in [0.15, 0.2) is 4.34 Å². The Hall–Kier alpha value is -1.84. The Kier molecular flexibility index (Phi) is 5.54. The van der Waals surface area contributed by atoms with Gasteiger partial charge in [-0.1, -0.05) is 23.1 Å². The average molecular weight is 365 g/mol. The van der Waals surface area contributed by atoms with Gasteiger partial charge in [0, 0.05) is 24.5 Å². The van der Waals surface area contributed by atoms with Crippen LogP contribution in [0, 0.1) is 0 Å². The lowest BCUT2D eigenvalue weighted by Gasteiger charge is -2.28. The zero-order chi connectivity index (χ0) is 16.9. The molecule has 7 nitrogen and oxygen atoms in total. The number of nitrogens with one attached hydrogen (secondary N) is 1. The van der Waals surface area contributed by atoms with Gasteiger partial charge in [0.2, 0.25) is 11.0 Å². The van der Waals surface area contributed by atoms with Crippen molar-refractivity contribution in [2.45, 2.75) is 16.5 Å². The minimum atomic E-state index is -0.281. The molecular formula is C15H19N5O2S2. The highest BCUT2D eigenvalue weighted by molar-refractivity contribution is 8.02. The third kappa shape index (κ3) is 4.37. The Labute approximate surface area is 148 Å². The van der Waals surface area contributed by atoms with Gasteiger partial charge in [-0.15, -0.1) is 10.2 Å². The molecule has 0 saturated carbocycles. The molecular weight excluding hydrogens is 346 g/mol. The van der Waals surface area contributed by atoms with Crippen molar-refractivity contribution in [1.82, 2.24) is 10.2 Å². The molecule has 1 saturated heterocycles. The van der Waals surface area contributed by atoms with Crippen molar-refractivity contribution in [2.24, 2.45) is 0 Å². The largest absolute Gasteiger partial charge is 0.378 e. The number of hydrogen-bond donors (Lipinski definition) is 2. The molecule has 0 bridgehead atoms. The van der Waals surface area contributed by atoms with Crippen LogP contribution in [0.15, 0.2) is 28.6 Å². The Bertz CT molecular complexity index is 685. The van der Waals surface area contributed by atoms with Gasteiger partial charge in [-0.05, 0) is 31.2 Å². The van der Waals surface area contributed by atoms with Crippen molar-refractivity contribution in [3.8, 4) is 0 Å². The van der Waals surface area contributed by atoms with Crippen LogP contribution >= 0.6 is 23.1 Å². The lowest BCUT2D eigenvalue weighted by atomic mass is 10.2. The van der Waals surface area contributed by atoms with Crippen LogP contribution in [-0.2, 0) is 9.53 Å². The van der Waals surface area contributed by atoms with E-state index >= 15 is 0 Å². The topological polar surface area (TPSA) is 93.4 Å². The smallest absolute Gasteiger partial charge is 0.237 e. The monoisotopic (exact) mass is 365 g/mol. The number of nitrogens with zero attached hydrogens (tertiary/aromatic N) is 3. The Morgan fingerprint density at radius 1 is 1.33 bits per heavy atom. The molecule has 9 heteroatoms. The molecule has 2 heterocycles. The van der Waals surface area contributed by atoms with E-state index in [1.807, 2.05) is 31.2 Å². The number of anilines is 3. The van der Waals surface area contributed by atoms with Crippen LogP contribution in [0.25, 0.3) is 0 Å². The molecule has 24 heavy (non-hydrogen) atoms. The highest BCUT2D eigenvalue weighted by atomic mass is 32.2. The van der Waals surface area contributed by atoms with E-state index in [0.29, 0.717) is 9.47 Å². The lowest BCUT2D eigenvalue weighted by molar-refractivity contribution is -0.115. The molecule has 3 N–H and O–H groups in total. The minimum Gasteiger partial charge on any atom is -0.378 e. The number of nitrogen functional groups attached to an aromatic ring is 1. The van der Waals surface area contributed by atoms with E-state index < -0.39 is 0 Å². The van der Waals surface area contributed by atoms with Crippen molar-refractivity contribution in [2.75, 3.05) is 42.3 Å². The fourth-order valence-electron chi connectivity index (χ4n) is 2.29. The van der Waals surface area contributed by atoms with E-state index in [9.17, 15) is 4.79 Å². The number of amides is 1. The van der Waals surface area contributed by atoms with Crippen LogP contribution in [0.5, 0.6) is 0 Å². The normalized spacial score (nSPS) is 16.0. The second-order valence-corrected chi connectivity index (χ2v) is 7.90. The van der Waals surface area contributed by atoms with Crippen molar-refractivity contribution in [3.05, 3.63) is 24.3 Å². The standard InChI is InChI=1S/C15H19N5O2S2/c1-10(23-15-19-18-14(16)24-15)13(21)17-11-2-4-12(5-3-11)20-6-8-22-9-7-20/h2-5,10H,6-9H2,1H3,(H2,16,18)(H,17,21)/t10-/m1/s1. The van der Waals surface area contributed by atoms with Gasteiger partial charge in [-0.25, -0.2) is 0 Å². The van der Waals surface area contributed by atoms with Gasteiger partial charge in [0.05, 0.1) is 18.5 Å². The summed E-state index contributed by atoms with van der Waals surface area (Å²) in [5.41, 5.74) is 7.47. The molecule has 1 aromatic heterocycles. The van der Waals surface area contributed by atoms with E-state index in [1.165, 1.54) is 23.1 Å². The molecule has 1 fully saturated rings. The summed E-state index contributed by atoms with van der Waals surface area (Å²) in [6, 6.07) is 7.88. The summed E-state index contributed by atoms with van der Waals surface area (Å²) in [6.45, 7) is 5.13. The zero-order valence-corrected chi connectivity index (χ0v) is 14.9. The maximum Gasteiger partial charge on any atom is 0.237 e. The van der Waals surface area contributed by atoms with E-state index in [0.717, 1.165) is 37.7 Å². The summed E-state index contributed by atoms with van der Waals surface area (Å²) < 4.78 is 6.05. The first-order valence-electron chi connectivity index (χ1n) is 7.61. The predicted octanol–water partition coefficient (Wildman–Crippen LogP) is 2.08. The van der Waals surface area contributed by atoms with Gasteiger partial charge >= 0.3 is 0 Å². The second kappa shape index (κ2) is 7.82. The highest BCUT2D eigenvalue weighted by Crippen LogP contribution is 2.28. The highest BCUT2D eigenvalue weighted by Gasteiger charge is 2.17. The van der Waals surface area contributed by atoms with Crippen LogP contribution in [-0.4, -0.2) is 47.7 Å². The quantitative estimate of drug-likeness (QED) is 0.784. The first kappa shape index (κ1) is 17.0. The van der Waals surface area contributed by atoms with Gasteiger partial charge in [0.1, 0.15) is 0 Å². The molecule has 0 aliphatic carbocycles. The summed E-state index contributed by atoms with van der Waals surface area (Å²) in [5, 5.41) is 10.7. The third-order valence-electron chi connectivity index (χ3n) is 3.58. The molecule has 2 aromatic rings. The van der Waals surface area contributed by atoms with E-state index in [2.05, 4.69) is 20.4 Å². The summed E-state index contributed by atoms with van der Waals surface area (Å²) >= 11 is 2.63. The Balaban J connectivity index is 1.55. The molecule has 0 radical (unpaired) electrons. The fraction of sp³-hybridized carbons (Fsp3) is 0.400. The minimum absolute atomic E-state index is 0.0760. The molecule has 1 aliphatic heterocycles. The van der Waals surface area contributed by atoms with Crippen LogP contribution in [0.4, 0.5) is 16.5 Å². The maximum atomic E-state index is 12.3.